The number of benzene rings is 1. The second-order valence-corrected chi connectivity index (χ2v) is 5.96. The van der Waals surface area contributed by atoms with Crippen LogP contribution in [0.25, 0.3) is 17.1 Å². The van der Waals surface area contributed by atoms with Crippen molar-refractivity contribution in [1.29, 1.82) is 0 Å². The Labute approximate surface area is 153 Å². The molecule has 0 saturated carbocycles. The topological polar surface area (TPSA) is 98.2 Å². The van der Waals surface area contributed by atoms with Gasteiger partial charge in [0.2, 0.25) is 5.91 Å². The number of aromatic nitrogens is 5. The van der Waals surface area contributed by atoms with Gasteiger partial charge in [-0.1, -0.05) is 17.3 Å². The minimum absolute atomic E-state index is 0.0843. The molecule has 4 aromatic rings. The number of aryl methyl sites for hydroxylation is 1. The van der Waals surface area contributed by atoms with E-state index < -0.39 is 0 Å². The summed E-state index contributed by atoms with van der Waals surface area (Å²) in [6, 6.07) is 9.57. The number of hydrogen-bond acceptors (Lipinski definition) is 6. The zero-order valence-corrected chi connectivity index (χ0v) is 14.4. The Hall–Kier alpha value is -3.62. The Bertz CT molecular complexity index is 1120. The van der Waals surface area contributed by atoms with Gasteiger partial charge in [0.25, 0.3) is 5.89 Å². The maximum Gasteiger partial charge on any atom is 0.261 e. The molecule has 0 atom stereocenters. The van der Waals surface area contributed by atoms with Crippen molar-refractivity contribution in [2.45, 2.75) is 19.9 Å². The molecule has 1 aromatic carbocycles. The number of amides is 1. The second kappa shape index (κ2) is 6.94. The minimum Gasteiger partial charge on any atom is -0.348 e. The first-order valence-electron chi connectivity index (χ1n) is 8.24. The van der Waals surface area contributed by atoms with Crippen molar-refractivity contribution >= 4 is 11.6 Å². The van der Waals surface area contributed by atoms with Crippen molar-refractivity contribution < 1.29 is 13.7 Å². The van der Waals surface area contributed by atoms with Gasteiger partial charge in [0.1, 0.15) is 5.82 Å². The summed E-state index contributed by atoms with van der Waals surface area (Å²) in [5.41, 5.74) is 1.81. The molecule has 0 bridgehead atoms. The molecular weight excluding hydrogens is 351 g/mol. The fraction of sp³-hybridized carbons (Fsp3) is 0.167. The number of nitrogens with zero attached hydrogens (tertiary/aromatic N) is 5. The van der Waals surface area contributed by atoms with E-state index in [1.54, 1.807) is 29.7 Å². The minimum atomic E-state index is -0.368. The van der Waals surface area contributed by atoms with Gasteiger partial charge in [-0.2, -0.15) is 4.98 Å². The highest BCUT2D eigenvalue weighted by atomic mass is 19.1. The number of halogens is 1. The van der Waals surface area contributed by atoms with Crippen molar-refractivity contribution in [2.24, 2.45) is 0 Å². The maximum atomic E-state index is 13.2. The highest BCUT2D eigenvalue weighted by molar-refractivity contribution is 5.78. The number of pyridine rings is 1. The van der Waals surface area contributed by atoms with E-state index in [-0.39, 0.29) is 24.7 Å². The van der Waals surface area contributed by atoms with Crippen LogP contribution in [0.2, 0.25) is 0 Å². The average molecular weight is 366 g/mol. The van der Waals surface area contributed by atoms with E-state index in [0.29, 0.717) is 34.3 Å². The summed E-state index contributed by atoms with van der Waals surface area (Å²) in [4.78, 5) is 16.3. The monoisotopic (exact) mass is 366 g/mol. The van der Waals surface area contributed by atoms with Crippen molar-refractivity contribution in [2.75, 3.05) is 0 Å². The Morgan fingerprint density at radius 3 is 2.93 bits per heavy atom. The highest BCUT2D eigenvalue weighted by Gasteiger charge is 2.15. The SMILES string of the molecule is Cc1noc(-c2cccn3c(CNC(=O)Cc4cccc(F)c4)nnc23)n1. The van der Waals surface area contributed by atoms with Crippen LogP contribution in [-0.2, 0) is 17.8 Å². The lowest BCUT2D eigenvalue weighted by Crippen LogP contribution is -2.25. The number of nitrogens with one attached hydrogen (secondary N) is 1. The van der Waals surface area contributed by atoms with E-state index in [1.165, 1.54) is 12.1 Å². The number of fused-ring (bicyclic) bond motifs is 1. The first kappa shape index (κ1) is 16.8. The summed E-state index contributed by atoms with van der Waals surface area (Å²) in [7, 11) is 0. The summed E-state index contributed by atoms with van der Waals surface area (Å²) in [6.45, 7) is 1.91. The molecule has 3 aromatic heterocycles. The molecule has 0 saturated heterocycles. The van der Waals surface area contributed by atoms with Crippen LogP contribution < -0.4 is 5.32 Å². The molecule has 8 nitrogen and oxygen atoms in total. The molecule has 0 spiro atoms. The molecule has 0 aliphatic heterocycles. The zero-order chi connectivity index (χ0) is 18.8. The Kier molecular flexibility index (Phi) is 4.33. The predicted octanol–water partition coefficient (Wildman–Crippen LogP) is 2.09. The first-order valence-corrected chi connectivity index (χ1v) is 8.24. The third-order valence-corrected chi connectivity index (χ3v) is 3.96. The van der Waals surface area contributed by atoms with Crippen LogP contribution in [-0.4, -0.2) is 30.6 Å². The molecule has 3 heterocycles. The molecule has 0 radical (unpaired) electrons. The number of carbonyl (C=O) groups is 1. The normalized spacial score (nSPS) is 11.0. The van der Waals surface area contributed by atoms with Crippen molar-refractivity contribution in [3.8, 4) is 11.5 Å². The average Bonchev–Trinajstić information content (AvgIpc) is 3.26. The third-order valence-electron chi connectivity index (χ3n) is 3.96. The summed E-state index contributed by atoms with van der Waals surface area (Å²) < 4.78 is 20.2. The van der Waals surface area contributed by atoms with Crippen molar-refractivity contribution in [3.63, 3.8) is 0 Å². The van der Waals surface area contributed by atoms with E-state index in [0.717, 1.165) is 0 Å². The quantitative estimate of drug-likeness (QED) is 0.581. The van der Waals surface area contributed by atoms with Crippen LogP contribution in [0.5, 0.6) is 0 Å². The molecule has 0 aliphatic rings. The molecule has 1 amide bonds. The predicted molar refractivity (Wildman–Crippen MR) is 93.0 cm³/mol. The number of carbonyl (C=O) groups excluding carboxylic acids is 1. The van der Waals surface area contributed by atoms with Gasteiger partial charge < -0.3 is 9.84 Å². The third kappa shape index (κ3) is 3.52. The van der Waals surface area contributed by atoms with E-state index in [1.807, 2.05) is 12.1 Å². The number of hydrogen-bond donors (Lipinski definition) is 1. The van der Waals surface area contributed by atoms with Gasteiger partial charge in [0.15, 0.2) is 17.3 Å². The fourth-order valence-electron chi connectivity index (χ4n) is 2.73. The summed E-state index contributed by atoms with van der Waals surface area (Å²) in [5, 5.41) is 14.8. The van der Waals surface area contributed by atoms with Gasteiger partial charge in [-0.05, 0) is 36.8 Å². The van der Waals surface area contributed by atoms with Gasteiger partial charge in [-0.15, -0.1) is 10.2 Å². The van der Waals surface area contributed by atoms with E-state index in [2.05, 4.69) is 25.7 Å². The Balaban J connectivity index is 1.50. The molecule has 27 heavy (non-hydrogen) atoms. The lowest BCUT2D eigenvalue weighted by atomic mass is 10.1. The molecular formula is C18H15FN6O2. The molecule has 0 unspecified atom stereocenters. The van der Waals surface area contributed by atoms with Crippen LogP contribution in [0, 0.1) is 12.7 Å². The molecule has 0 aliphatic carbocycles. The van der Waals surface area contributed by atoms with Gasteiger partial charge in [0, 0.05) is 6.20 Å². The van der Waals surface area contributed by atoms with Gasteiger partial charge >= 0.3 is 0 Å². The number of rotatable bonds is 5. The van der Waals surface area contributed by atoms with E-state index >= 15 is 0 Å². The largest absolute Gasteiger partial charge is 0.348 e. The van der Waals surface area contributed by atoms with Crippen molar-refractivity contribution in [3.05, 3.63) is 65.6 Å². The smallest absolute Gasteiger partial charge is 0.261 e. The Morgan fingerprint density at radius 2 is 2.15 bits per heavy atom. The molecule has 9 heteroatoms. The summed E-state index contributed by atoms with van der Waals surface area (Å²) >= 11 is 0. The molecule has 1 N–H and O–H groups in total. The molecule has 136 valence electrons. The van der Waals surface area contributed by atoms with Crippen LogP contribution in [0.4, 0.5) is 4.39 Å². The van der Waals surface area contributed by atoms with Crippen molar-refractivity contribution in [1.82, 2.24) is 30.1 Å². The first-order chi connectivity index (χ1) is 13.1. The van der Waals surface area contributed by atoms with Crippen LogP contribution >= 0.6 is 0 Å². The lowest BCUT2D eigenvalue weighted by Gasteiger charge is -2.05. The highest BCUT2D eigenvalue weighted by Crippen LogP contribution is 2.22. The van der Waals surface area contributed by atoms with Gasteiger partial charge in [-0.3, -0.25) is 9.20 Å². The van der Waals surface area contributed by atoms with Crippen LogP contribution in [0.1, 0.15) is 17.2 Å². The molecule has 4 rings (SSSR count). The van der Waals surface area contributed by atoms with Crippen LogP contribution in [0.15, 0.2) is 47.1 Å². The van der Waals surface area contributed by atoms with Crippen LogP contribution in [0.3, 0.4) is 0 Å². The molecule has 0 fully saturated rings. The maximum absolute atomic E-state index is 13.2. The summed E-state index contributed by atoms with van der Waals surface area (Å²) in [6.07, 6.45) is 1.87. The standard InChI is InChI=1S/C18H15FN6O2/c1-11-21-18(27-24-11)14-6-3-7-25-15(22-23-17(14)25)10-20-16(26)9-12-4-2-5-13(19)8-12/h2-8H,9-10H2,1H3,(H,20,26). The fourth-order valence-corrected chi connectivity index (χ4v) is 2.73. The zero-order valence-electron chi connectivity index (χ0n) is 14.4. The Morgan fingerprint density at radius 1 is 1.26 bits per heavy atom. The lowest BCUT2D eigenvalue weighted by molar-refractivity contribution is -0.120. The van der Waals surface area contributed by atoms with E-state index in [4.69, 9.17) is 4.52 Å². The second-order valence-electron chi connectivity index (χ2n) is 5.96. The van der Waals surface area contributed by atoms with Gasteiger partial charge in [0.05, 0.1) is 18.5 Å². The van der Waals surface area contributed by atoms with E-state index in [9.17, 15) is 9.18 Å². The van der Waals surface area contributed by atoms with Gasteiger partial charge in [-0.25, -0.2) is 4.39 Å². The summed E-state index contributed by atoms with van der Waals surface area (Å²) in [5.74, 6) is 0.827.